The van der Waals surface area contributed by atoms with Crippen molar-refractivity contribution in [2.45, 2.75) is 10.9 Å². The van der Waals surface area contributed by atoms with Crippen LogP contribution in [0.1, 0.15) is 17.2 Å². The van der Waals surface area contributed by atoms with Crippen LogP contribution in [0, 0.1) is 17.5 Å². The molecule has 0 fully saturated rings. The van der Waals surface area contributed by atoms with Gasteiger partial charge in [-0.05, 0) is 42.0 Å². The third kappa shape index (κ3) is 3.88. The van der Waals surface area contributed by atoms with Crippen LogP contribution in [0.25, 0.3) is 0 Å². The van der Waals surface area contributed by atoms with Gasteiger partial charge in [0, 0.05) is 0 Å². The van der Waals surface area contributed by atoms with Gasteiger partial charge in [-0.25, -0.2) is 18.2 Å². The number of hydrogen-bond acceptors (Lipinski definition) is 5. The molecule has 0 spiro atoms. The number of aliphatic imine (C=N–C) groups is 1. The maximum absolute atomic E-state index is 13.9. The van der Waals surface area contributed by atoms with E-state index >= 15 is 0 Å². The molecule has 1 aliphatic heterocycles. The molecule has 4 rings (SSSR count). The van der Waals surface area contributed by atoms with Crippen molar-refractivity contribution in [2.75, 3.05) is 6.61 Å². The van der Waals surface area contributed by atoms with Crippen molar-refractivity contribution in [3.63, 3.8) is 0 Å². The van der Waals surface area contributed by atoms with Crippen molar-refractivity contribution in [3.8, 4) is 5.75 Å². The van der Waals surface area contributed by atoms with Crippen LogP contribution in [0.5, 0.6) is 5.75 Å². The van der Waals surface area contributed by atoms with Crippen molar-refractivity contribution >= 4 is 16.0 Å². The summed E-state index contributed by atoms with van der Waals surface area (Å²) in [5, 5.41) is 0. The summed E-state index contributed by atoms with van der Waals surface area (Å²) in [6, 6.07) is 13.7. The van der Waals surface area contributed by atoms with Gasteiger partial charge in [0.05, 0.1) is 0 Å². The number of nitrogens with zero attached hydrogens (tertiary/aromatic N) is 1. The Morgan fingerprint density at radius 3 is 2.17 bits per heavy atom. The van der Waals surface area contributed by atoms with Crippen LogP contribution in [0.3, 0.4) is 0 Å². The molecular formula is C21H14F3NO4S. The lowest BCUT2D eigenvalue weighted by Crippen LogP contribution is -2.11. The zero-order valence-corrected chi connectivity index (χ0v) is 16.1. The molecule has 9 heteroatoms. The molecule has 0 saturated heterocycles. The van der Waals surface area contributed by atoms with Gasteiger partial charge in [0.2, 0.25) is 5.90 Å². The van der Waals surface area contributed by atoms with E-state index in [1.165, 1.54) is 30.3 Å². The molecule has 30 heavy (non-hydrogen) atoms. The first-order chi connectivity index (χ1) is 14.3. The number of benzene rings is 3. The van der Waals surface area contributed by atoms with E-state index in [1.807, 2.05) is 0 Å². The molecule has 3 aromatic rings. The fraction of sp³-hybridized carbons (Fsp3) is 0.0952. The van der Waals surface area contributed by atoms with Crippen LogP contribution in [0.2, 0.25) is 0 Å². The Kier molecular flexibility index (Phi) is 5.21. The van der Waals surface area contributed by atoms with E-state index in [9.17, 15) is 21.6 Å². The fourth-order valence-electron chi connectivity index (χ4n) is 2.95. The zero-order valence-electron chi connectivity index (χ0n) is 15.3. The van der Waals surface area contributed by atoms with Crippen LogP contribution >= 0.6 is 0 Å². The van der Waals surface area contributed by atoms with E-state index in [2.05, 4.69) is 4.99 Å². The highest BCUT2D eigenvalue weighted by molar-refractivity contribution is 7.87. The van der Waals surface area contributed by atoms with Crippen LogP contribution in [0.15, 0.2) is 76.6 Å². The third-order valence-corrected chi connectivity index (χ3v) is 5.69. The Hall–Kier alpha value is -3.33. The zero-order chi connectivity index (χ0) is 21.3. The van der Waals surface area contributed by atoms with Gasteiger partial charge < -0.3 is 8.92 Å². The molecular weight excluding hydrogens is 419 g/mol. The molecule has 1 unspecified atom stereocenters. The summed E-state index contributed by atoms with van der Waals surface area (Å²) in [5.74, 6) is -2.64. The molecule has 1 atom stereocenters. The molecule has 0 amide bonds. The summed E-state index contributed by atoms with van der Waals surface area (Å²) in [7, 11) is -4.34. The van der Waals surface area contributed by atoms with E-state index in [0.29, 0.717) is 5.56 Å². The lowest BCUT2D eigenvalue weighted by molar-refractivity contribution is 0.317. The molecule has 0 aromatic heterocycles. The number of ether oxygens (including phenoxy) is 1. The van der Waals surface area contributed by atoms with Crippen LogP contribution in [-0.4, -0.2) is 20.9 Å². The van der Waals surface area contributed by atoms with Gasteiger partial charge in [0.15, 0.2) is 0 Å². The van der Waals surface area contributed by atoms with Crippen LogP contribution in [-0.2, 0) is 14.9 Å². The highest BCUT2D eigenvalue weighted by Crippen LogP contribution is 2.29. The Labute approximate surface area is 170 Å². The highest BCUT2D eigenvalue weighted by atomic mass is 32.2. The minimum absolute atomic E-state index is 0.0229. The molecule has 1 aliphatic rings. The van der Waals surface area contributed by atoms with Crippen molar-refractivity contribution in [2.24, 2.45) is 4.99 Å². The Balaban J connectivity index is 1.53. The third-order valence-electron chi connectivity index (χ3n) is 4.40. The normalized spacial score (nSPS) is 16.1. The van der Waals surface area contributed by atoms with Gasteiger partial charge in [-0.15, -0.1) is 0 Å². The summed E-state index contributed by atoms with van der Waals surface area (Å²) in [4.78, 5) is 3.65. The number of hydrogen-bond donors (Lipinski definition) is 0. The molecule has 3 aromatic carbocycles. The minimum Gasteiger partial charge on any atom is -0.475 e. The monoisotopic (exact) mass is 433 g/mol. The Morgan fingerprint density at radius 1 is 0.867 bits per heavy atom. The molecule has 154 valence electrons. The van der Waals surface area contributed by atoms with E-state index < -0.39 is 38.5 Å². The molecule has 0 radical (unpaired) electrons. The average Bonchev–Trinajstić information content (AvgIpc) is 3.18. The maximum Gasteiger partial charge on any atom is 0.342 e. The first-order valence-electron chi connectivity index (χ1n) is 8.79. The van der Waals surface area contributed by atoms with Crippen molar-refractivity contribution in [3.05, 3.63) is 95.3 Å². The molecule has 0 N–H and O–H groups in total. The predicted octanol–water partition coefficient (Wildman–Crippen LogP) is 4.39. The predicted molar refractivity (Wildman–Crippen MR) is 102 cm³/mol. The summed E-state index contributed by atoms with van der Waals surface area (Å²) >= 11 is 0. The first-order valence-corrected chi connectivity index (χ1v) is 10.2. The Bertz CT molecular complexity index is 1210. The topological polar surface area (TPSA) is 65.0 Å². The van der Waals surface area contributed by atoms with Crippen LogP contribution < -0.4 is 4.18 Å². The average molecular weight is 433 g/mol. The number of halogens is 3. The van der Waals surface area contributed by atoms with E-state index in [0.717, 1.165) is 24.3 Å². The van der Waals surface area contributed by atoms with Crippen molar-refractivity contribution in [1.29, 1.82) is 0 Å². The SMILES string of the molecule is O=S(=O)(Oc1ccc(C2COC(c3c(F)cccc3F)=N2)cc1)c1ccccc1F. The lowest BCUT2D eigenvalue weighted by Gasteiger charge is -2.09. The molecule has 1 heterocycles. The molecule has 5 nitrogen and oxygen atoms in total. The molecule has 0 bridgehead atoms. The maximum atomic E-state index is 13.9. The second kappa shape index (κ2) is 7.83. The van der Waals surface area contributed by atoms with Gasteiger partial charge in [-0.2, -0.15) is 8.42 Å². The lowest BCUT2D eigenvalue weighted by atomic mass is 10.1. The van der Waals surface area contributed by atoms with Crippen molar-refractivity contribution < 1.29 is 30.5 Å². The summed E-state index contributed by atoms with van der Waals surface area (Å²) in [6.07, 6.45) is 0. The van der Waals surface area contributed by atoms with Gasteiger partial charge >= 0.3 is 10.1 Å². The van der Waals surface area contributed by atoms with E-state index in [4.69, 9.17) is 8.92 Å². The van der Waals surface area contributed by atoms with Gasteiger partial charge in [-0.3, -0.25) is 0 Å². The highest BCUT2D eigenvalue weighted by Gasteiger charge is 2.26. The first kappa shape index (κ1) is 20.0. The second-order valence-corrected chi connectivity index (χ2v) is 7.91. The smallest absolute Gasteiger partial charge is 0.342 e. The van der Waals surface area contributed by atoms with Gasteiger partial charge in [-0.1, -0.05) is 30.3 Å². The molecule has 0 aliphatic carbocycles. The number of rotatable bonds is 5. The minimum atomic E-state index is -4.34. The van der Waals surface area contributed by atoms with Gasteiger partial charge in [0.1, 0.15) is 46.3 Å². The summed E-state index contributed by atoms with van der Waals surface area (Å²) in [5.41, 5.74) is 0.285. The van der Waals surface area contributed by atoms with E-state index in [1.54, 1.807) is 12.1 Å². The van der Waals surface area contributed by atoms with Crippen molar-refractivity contribution in [1.82, 2.24) is 0 Å². The quantitative estimate of drug-likeness (QED) is 0.560. The largest absolute Gasteiger partial charge is 0.475 e. The fourth-order valence-corrected chi connectivity index (χ4v) is 3.95. The summed E-state index contributed by atoms with van der Waals surface area (Å²) in [6.45, 7) is 0.0663. The van der Waals surface area contributed by atoms with Crippen LogP contribution in [0.4, 0.5) is 13.2 Å². The second-order valence-electron chi connectivity index (χ2n) is 6.39. The Morgan fingerprint density at radius 2 is 1.50 bits per heavy atom. The molecule has 0 saturated carbocycles. The standard InChI is InChI=1S/C21H14F3NO4S/c22-15-4-1-2-7-19(15)30(26,27)29-14-10-8-13(9-11-14)18-12-28-21(25-18)20-16(23)5-3-6-17(20)24/h1-11,18H,12H2. The van der Waals surface area contributed by atoms with Gasteiger partial charge in [0.25, 0.3) is 0 Å². The summed E-state index contributed by atoms with van der Waals surface area (Å²) < 4.78 is 76.4. The van der Waals surface area contributed by atoms with E-state index in [-0.39, 0.29) is 23.8 Å².